The summed E-state index contributed by atoms with van der Waals surface area (Å²) < 4.78 is 1.48. The van der Waals surface area contributed by atoms with Crippen molar-refractivity contribution in [3.8, 4) is 11.1 Å². The van der Waals surface area contributed by atoms with Gasteiger partial charge in [-0.1, -0.05) is 18.9 Å². The van der Waals surface area contributed by atoms with E-state index in [9.17, 15) is 14.7 Å². The molecule has 5 rings (SSSR count). The fourth-order valence-corrected chi connectivity index (χ4v) is 5.74. The normalized spacial score (nSPS) is 15.6. The summed E-state index contributed by atoms with van der Waals surface area (Å²) >= 11 is 0. The Morgan fingerprint density at radius 2 is 1.93 bits per heavy atom. The van der Waals surface area contributed by atoms with Gasteiger partial charge in [-0.2, -0.15) is 14.7 Å². The summed E-state index contributed by atoms with van der Waals surface area (Å²) in [6.07, 6.45) is 9.03. The number of nitrogens with two attached hydrogens (primary N) is 1. The van der Waals surface area contributed by atoms with Gasteiger partial charge < -0.3 is 15.7 Å². The molecule has 1 aliphatic rings. The van der Waals surface area contributed by atoms with Crippen molar-refractivity contribution in [1.82, 2.24) is 39.7 Å². The zero-order chi connectivity index (χ0) is 28.6. The van der Waals surface area contributed by atoms with Crippen molar-refractivity contribution in [1.29, 1.82) is 0 Å². The summed E-state index contributed by atoms with van der Waals surface area (Å²) in [4.78, 5) is 40.9. The van der Waals surface area contributed by atoms with E-state index >= 15 is 0 Å². The van der Waals surface area contributed by atoms with Crippen molar-refractivity contribution in [2.75, 3.05) is 5.73 Å². The molecule has 40 heavy (non-hydrogen) atoms. The smallest absolute Gasteiger partial charge is 0.291 e. The lowest BCUT2D eigenvalue weighted by atomic mass is 9.96. The number of aliphatic hydroxyl groups is 1. The Bertz CT molecular complexity index is 1520. The molecule has 0 aliphatic heterocycles. The number of pyridine rings is 1. The zero-order valence-corrected chi connectivity index (χ0v) is 23.3. The topological polar surface area (TPSA) is 168 Å². The van der Waals surface area contributed by atoms with Gasteiger partial charge >= 0.3 is 0 Å². The van der Waals surface area contributed by atoms with E-state index in [0.717, 1.165) is 24.0 Å². The average Bonchev–Trinajstić information content (AvgIpc) is 3.69. The number of ketones is 1. The van der Waals surface area contributed by atoms with Crippen LogP contribution in [0.4, 0.5) is 5.82 Å². The quantitative estimate of drug-likeness (QED) is 0.267. The minimum absolute atomic E-state index is 0.0837. The Labute approximate surface area is 232 Å². The van der Waals surface area contributed by atoms with Gasteiger partial charge in [0.2, 0.25) is 5.82 Å². The lowest BCUT2D eigenvalue weighted by molar-refractivity contribution is 0.0399. The van der Waals surface area contributed by atoms with Crippen LogP contribution in [0.15, 0.2) is 30.9 Å². The van der Waals surface area contributed by atoms with Crippen LogP contribution in [0.25, 0.3) is 16.8 Å². The van der Waals surface area contributed by atoms with Gasteiger partial charge in [0.05, 0.1) is 23.1 Å². The molecular weight excluding hydrogens is 510 g/mol. The number of hydrogen-bond acceptors (Lipinski definition) is 9. The first-order chi connectivity index (χ1) is 19.1. The average molecular weight is 546 g/mol. The number of Topliss-reactive ketones (excluding diaryl/α,β-unsaturated/α-hetero) is 1. The van der Waals surface area contributed by atoms with E-state index in [1.807, 2.05) is 32.9 Å². The second-order valence-corrected chi connectivity index (χ2v) is 10.9. The van der Waals surface area contributed by atoms with Crippen LogP contribution in [-0.4, -0.2) is 68.5 Å². The number of amides is 1. The lowest BCUT2D eigenvalue weighted by Gasteiger charge is -2.32. The highest BCUT2D eigenvalue weighted by molar-refractivity contribution is 6.00. The van der Waals surface area contributed by atoms with Gasteiger partial charge in [-0.15, -0.1) is 0 Å². The van der Waals surface area contributed by atoms with Gasteiger partial charge in [0.15, 0.2) is 11.4 Å². The van der Waals surface area contributed by atoms with E-state index in [1.54, 1.807) is 17.3 Å². The van der Waals surface area contributed by atoms with Crippen LogP contribution in [0.1, 0.15) is 92.2 Å². The van der Waals surface area contributed by atoms with Gasteiger partial charge in [0.1, 0.15) is 17.7 Å². The van der Waals surface area contributed by atoms with E-state index in [2.05, 4.69) is 25.3 Å². The minimum Gasteiger partial charge on any atom is -0.384 e. The molecule has 1 atom stereocenters. The number of fused-ring (bicyclic) bond motifs is 1. The predicted molar refractivity (Wildman–Crippen MR) is 148 cm³/mol. The Morgan fingerprint density at radius 1 is 1.18 bits per heavy atom. The molecule has 0 spiro atoms. The van der Waals surface area contributed by atoms with E-state index in [-0.39, 0.29) is 35.4 Å². The highest BCUT2D eigenvalue weighted by Crippen LogP contribution is 2.38. The first-order valence-corrected chi connectivity index (χ1v) is 13.6. The number of carbonyl (C=O) groups is 2. The molecule has 0 saturated heterocycles. The third-order valence-electron chi connectivity index (χ3n) is 7.77. The number of aromatic nitrogens is 7. The van der Waals surface area contributed by atoms with Crippen molar-refractivity contribution in [2.24, 2.45) is 0 Å². The van der Waals surface area contributed by atoms with E-state index in [0.29, 0.717) is 48.3 Å². The van der Waals surface area contributed by atoms with Crippen molar-refractivity contribution in [3.63, 3.8) is 0 Å². The second-order valence-electron chi connectivity index (χ2n) is 10.9. The fourth-order valence-electron chi connectivity index (χ4n) is 5.74. The second kappa shape index (κ2) is 10.8. The molecule has 0 bridgehead atoms. The highest BCUT2D eigenvalue weighted by Gasteiger charge is 2.34. The maximum atomic E-state index is 13.1. The van der Waals surface area contributed by atoms with Crippen molar-refractivity contribution in [3.05, 3.63) is 53.6 Å². The molecule has 12 heteroatoms. The molecule has 0 aromatic carbocycles. The highest BCUT2D eigenvalue weighted by atomic mass is 16.3. The molecule has 1 fully saturated rings. The van der Waals surface area contributed by atoms with Crippen LogP contribution < -0.4 is 5.73 Å². The molecule has 4 aromatic rings. The van der Waals surface area contributed by atoms with E-state index < -0.39 is 5.60 Å². The molecule has 4 heterocycles. The molecular formula is C28H35N9O3. The van der Waals surface area contributed by atoms with Crippen molar-refractivity contribution in [2.45, 2.75) is 83.9 Å². The van der Waals surface area contributed by atoms with Crippen LogP contribution in [0.2, 0.25) is 0 Å². The number of aryl methyl sites for hydroxylation is 1. The summed E-state index contributed by atoms with van der Waals surface area (Å²) in [5.74, 6) is -0.0565. The predicted octanol–water partition coefficient (Wildman–Crippen LogP) is 3.33. The first-order valence-electron chi connectivity index (χ1n) is 13.6. The Balaban J connectivity index is 1.46. The lowest BCUT2D eigenvalue weighted by Crippen LogP contribution is -2.44. The van der Waals surface area contributed by atoms with Crippen LogP contribution in [0.5, 0.6) is 0 Å². The summed E-state index contributed by atoms with van der Waals surface area (Å²) in [7, 11) is 0. The third-order valence-corrected chi connectivity index (χ3v) is 7.77. The molecule has 1 saturated carbocycles. The number of rotatable bonds is 9. The van der Waals surface area contributed by atoms with E-state index in [1.165, 1.54) is 17.8 Å². The molecule has 0 radical (unpaired) electrons. The molecule has 1 unspecified atom stereocenters. The zero-order valence-electron chi connectivity index (χ0n) is 23.3. The summed E-state index contributed by atoms with van der Waals surface area (Å²) in [5, 5.41) is 21.8. The van der Waals surface area contributed by atoms with Gasteiger partial charge in [0, 0.05) is 29.4 Å². The number of carbonyl (C=O) groups excluding carboxylic acids is 2. The summed E-state index contributed by atoms with van der Waals surface area (Å²) in [6, 6.07) is 3.49. The number of nitrogens with zero attached hydrogens (tertiary/aromatic N) is 7. The molecule has 1 amide bonds. The van der Waals surface area contributed by atoms with Gasteiger partial charge in [-0.3, -0.25) is 19.7 Å². The molecule has 1 aliphatic carbocycles. The first kappa shape index (κ1) is 27.4. The SMILES string of the molecule is CC(=O)c1c(CCC(C)N(C(=O)c2ncn[nH]2)C(C)C)nc2c(-c3ccc(C4(O)CCCC4)nc3)cnn2c1N. The van der Waals surface area contributed by atoms with Crippen LogP contribution in [0.3, 0.4) is 0 Å². The monoisotopic (exact) mass is 545 g/mol. The largest absolute Gasteiger partial charge is 0.384 e. The Kier molecular flexibility index (Phi) is 7.37. The Morgan fingerprint density at radius 3 is 2.52 bits per heavy atom. The maximum Gasteiger partial charge on any atom is 0.291 e. The van der Waals surface area contributed by atoms with Gasteiger partial charge in [-0.05, 0) is 59.4 Å². The molecule has 12 nitrogen and oxygen atoms in total. The maximum absolute atomic E-state index is 13.1. The Hall–Kier alpha value is -4.19. The molecule has 4 aromatic heterocycles. The molecule has 210 valence electrons. The summed E-state index contributed by atoms with van der Waals surface area (Å²) in [6.45, 7) is 7.30. The van der Waals surface area contributed by atoms with Gasteiger partial charge in [-0.25, -0.2) is 9.97 Å². The number of H-pyrrole nitrogens is 1. The number of aromatic amines is 1. The molecule has 4 N–H and O–H groups in total. The van der Waals surface area contributed by atoms with Gasteiger partial charge in [0.25, 0.3) is 5.91 Å². The number of nitrogen functional groups attached to an aromatic ring is 1. The van der Waals surface area contributed by atoms with Crippen LogP contribution in [-0.2, 0) is 12.0 Å². The van der Waals surface area contributed by atoms with Crippen LogP contribution >= 0.6 is 0 Å². The third kappa shape index (κ3) is 4.94. The van der Waals surface area contributed by atoms with Crippen LogP contribution in [0, 0.1) is 0 Å². The minimum atomic E-state index is -0.874. The van der Waals surface area contributed by atoms with E-state index in [4.69, 9.17) is 10.7 Å². The number of nitrogens with one attached hydrogen (secondary N) is 1. The van der Waals surface area contributed by atoms with Crippen molar-refractivity contribution < 1.29 is 14.7 Å². The van der Waals surface area contributed by atoms with Crippen molar-refractivity contribution >= 4 is 23.2 Å². The standard InChI is InChI=1S/C28H35N9O3/c1-16(2)36(27(39)25-31-15-32-35-25)17(3)7-9-21-23(18(4)38)24(29)37-26(34-21)20(14-33-37)19-8-10-22(30-13-19)28(40)11-5-6-12-28/h8,10,13-17,40H,5-7,9,11-12,29H2,1-4H3,(H,31,32,35). The summed E-state index contributed by atoms with van der Waals surface area (Å²) in [5.41, 5.74) is 9.15. The fraction of sp³-hybridized carbons (Fsp3) is 0.464. The number of hydrogen-bond donors (Lipinski definition) is 3. The number of anilines is 1.